The number of carbonyl (C=O) groups is 1. The SMILES string of the molecule is CSc1ccc(Nc2c(F)cccc2C(=O)O)cc1. The van der Waals surface area contributed by atoms with Crippen LogP contribution in [0.15, 0.2) is 47.4 Å². The molecular formula is C14H12FNO2S. The Morgan fingerprint density at radius 2 is 1.89 bits per heavy atom. The highest BCUT2D eigenvalue weighted by Crippen LogP contribution is 2.25. The molecule has 2 aromatic carbocycles. The summed E-state index contributed by atoms with van der Waals surface area (Å²) in [6.07, 6.45) is 1.96. The molecule has 0 fully saturated rings. The number of thioether (sulfide) groups is 1. The van der Waals surface area contributed by atoms with Crippen molar-refractivity contribution < 1.29 is 14.3 Å². The number of hydrogen-bond acceptors (Lipinski definition) is 3. The lowest BCUT2D eigenvalue weighted by molar-refractivity contribution is 0.0697. The van der Waals surface area contributed by atoms with Crippen LogP contribution in [0.2, 0.25) is 0 Å². The van der Waals surface area contributed by atoms with Crippen LogP contribution in [0.1, 0.15) is 10.4 Å². The summed E-state index contributed by atoms with van der Waals surface area (Å²) >= 11 is 1.60. The fourth-order valence-corrected chi connectivity index (χ4v) is 2.06. The molecule has 0 amide bonds. The second kappa shape index (κ2) is 5.75. The topological polar surface area (TPSA) is 49.3 Å². The van der Waals surface area contributed by atoms with Crippen LogP contribution in [-0.2, 0) is 0 Å². The van der Waals surface area contributed by atoms with Crippen LogP contribution in [0.25, 0.3) is 0 Å². The van der Waals surface area contributed by atoms with Gasteiger partial charge in [-0.05, 0) is 42.7 Å². The molecule has 0 spiro atoms. The zero-order valence-corrected chi connectivity index (χ0v) is 11.0. The van der Waals surface area contributed by atoms with Gasteiger partial charge in [-0.2, -0.15) is 0 Å². The van der Waals surface area contributed by atoms with Crippen LogP contribution in [-0.4, -0.2) is 17.3 Å². The molecule has 2 rings (SSSR count). The van der Waals surface area contributed by atoms with E-state index in [4.69, 9.17) is 5.11 Å². The summed E-state index contributed by atoms with van der Waals surface area (Å²) in [4.78, 5) is 12.1. The zero-order valence-electron chi connectivity index (χ0n) is 10.2. The molecule has 19 heavy (non-hydrogen) atoms. The number of benzene rings is 2. The lowest BCUT2D eigenvalue weighted by Gasteiger charge is -2.11. The Morgan fingerprint density at radius 1 is 1.21 bits per heavy atom. The van der Waals surface area contributed by atoms with Crippen molar-refractivity contribution in [3.63, 3.8) is 0 Å². The molecule has 2 N–H and O–H groups in total. The first-order chi connectivity index (χ1) is 9.11. The van der Waals surface area contributed by atoms with Gasteiger partial charge < -0.3 is 10.4 Å². The minimum atomic E-state index is -1.16. The predicted octanol–water partition coefficient (Wildman–Crippen LogP) is 3.99. The second-order valence-corrected chi connectivity index (χ2v) is 4.70. The molecule has 0 aliphatic heterocycles. The van der Waals surface area contributed by atoms with Crippen LogP contribution in [0.3, 0.4) is 0 Å². The van der Waals surface area contributed by atoms with E-state index in [1.54, 1.807) is 23.9 Å². The molecule has 98 valence electrons. The maximum absolute atomic E-state index is 13.7. The maximum Gasteiger partial charge on any atom is 0.337 e. The summed E-state index contributed by atoms with van der Waals surface area (Å²) in [5.74, 6) is -1.75. The monoisotopic (exact) mass is 277 g/mol. The Kier molecular flexibility index (Phi) is 4.06. The largest absolute Gasteiger partial charge is 0.478 e. The highest BCUT2D eigenvalue weighted by atomic mass is 32.2. The van der Waals surface area contributed by atoms with E-state index in [-0.39, 0.29) is 11.3 Å². The van der Waals surface area contributed by atoms with E-state index in [1.807, 2.05) is 18.4 Å². The summed E-state index contributed by atoms with van der Waals surface area (Å²) < 4.78 is 13.7. The molecule has 0 aliphatic carbocycles. The van der Waals surface area contributed by atoms with Gasteiger partial charge in [0.2, 0.25) is 0 Å². The van der Waals surface area contributed by atoms with Gasteiger partial charge in [0, 0.05) is 10.6 Å². The minimum Gasteiger partial charge on any atom is -0.478 e. The molecule has 0 aliphatic rings. The number of anilines is 2. The van der Waals surface area contributed by atoms with Crippen molar-refractivity contribution in [3.8, 4) is 0 Å². The van der Waals surface area contributed by atoms with Crippen LogP contribution >= 0.6 is 11.8 Å². The number of hydrogen-bond donors (Lipinski definition) is 2. The molecule has 5 heteroatoms. The Morgan fingerprint density at radius 3 is 2.47 bits per heavy atom. The quantitative estimate of drug-likeness (QED) is 0.830. The number of carboxylic acids is 1. The molecule has 0 unspecified atom stereocenters. The molecule has 0 saturated carbocycles. The number of aromatic carboxylic acids is 1. The number of para-hydroxylation sites is 1. The normalized spacial score (nSPS) is 10.2. The number of rotatable bonds is 4. The summed E-state index contributed by atoms with van der Waals surface area (Å²) in [7, 11) is 0. The van der Waals surface area contributed by atoms with Crippen LogP contribution in [0.5, 0.6) is 0 Å². The fraction of sp³-hybridized carbons (Fsp3) is 0.0714. The summed E-state index contributed by atoms with van der Waals surface area (Å²) in [5.41, 5.74) is 0.534. The first-order valence-electron chi connectivity index (χ1n) is 5.54. The molecule has 3 nitrogen and oxygen atoms in total. The lowest BCUT2D eigenvalue weighted by Crippen LogP contribution is -2.04. The van der Waals surface area contributed by atoms with E-state index in [9.17, 15) is 9.18 Å². The predicted molar refractivity (Wildman–Crippen MR) is 74.9 cm³/mol. The van der Waals surface area contributed by atoms with E-state index in [0.29, 0.717) is 5.69 Å². The maximum atomic E-state index is 13.7. The molecule has 2 aromatic rings. The second-order valence-electron chi connectivity index (χ2n) is 3.82. The van der Waals surface area contributed by atoms with Crippen molar-refractivity contribution in [1.29, 1.82) is 0 Å². The molecule has 0 radical (unpaired) electrons. The first kappa shape index (κ1) is 13.4. The third-order valence-electron chi connectivity index (χ3n) is 2.60. The van der Waals surface area contributed by atoms with Gasteiger partial charge >= 0.3 is 5.97 Å². The van der Waals surface area contributed by atoms with Gasteiger partial charge in [-0.1, -0.05) is 6.07 Å². The van der Waals surface area contributed by atoms with Crippen LogP contribution < -0.4 is 5.32 Å². The van der Waals surface area contributed by atoms with Crippen molar-refractivity contribution in [1.82, 2.24) is 0 Å². The van der Waals surface area contributed by atoms with E-state index in [1.165, 1.54) is 18.2 Å². The molecule has 0 aromatic heterocycles. The van der Waals surface area contributed by atoms with Crippen molar-refractivity contribution in [2.24, 2.45) is 0 Å². The fourth-order valence-electron chi connectivity index (χ4n) is 1.65. The van der Waals surface area contributed by atoms with Gasteiger partial charge in [0.1, 0.15) is 5.82 Å². The molecule has 0 atom stereocenters. The van der Waals surface area contributed by atoms with E-state index in [0.717, 1.165) is 4.90 Å². The molecule has 0 bridgehead atoms. The Balaban J connectivity index is 2.34. The highest BCUT2D eigenvalue weighted by Gasteiger charge is 2.14. The van der Waals surface area contributed by atoms with E-state index < -0.39 is 11.8 Å². The number of carboxylic acid groups (broad SMARTS) is 1. The van der Waals surface area contributed by atoms with E-state index in [2.05, 4.69) is 5.32 Å². The number of halogens is 1. The summed E-state index contributed by atoms with van der Waals surface area (Å²) in [5, 5.41) is 11.8. The first-order valence-corrected chi connectivity index (χ1v) is 6.77. The van der Waals surface area contributed by atoms with Crippen LogP contribution in [0, 0.1) is 5.82 Å². The highest BCUT2D eigenvalue weighted by molar-refractivity contribution is 7.98. The molecular weight excluding hydrogens is 265 g/mol. The van der Waals surface area contributed by atoms with E-state index >= 15 is 0 Å². The van der Waals surface area contributed by atoms with Crippen LogP contribution in [0.4, 0.5) is 15.8 Å². The summed E-state index contributed by atoms with van der Waals surface area (Å²) in [6.45, 7) is 0. The van der Waals surface area contributed by atoms with Gasteiger partial charge in [0.25, 0.3) is 0 Å². The van der Waals surface area contributed by atoms with Crippen molar-refractivity contribution >= 4 is 29.1 Å². The van der Waals surface area contributed by atoms with Crippen molar-refractivity contribution in [2.45, 2.75) is 4.90 Å². The minimum absolute atomic E-state index is 0.0214. The standard InChI is InChI=1S/C14H12FNO2S/c1-19-10-7-5-9(6-8-10)16-13-11(14(17)18)3-2-4-12(13)15/h2-8,16H,1H3,(H,17,18). The van der Waals surface area contributed by atoms with Gasteiger partial charge in [0.15, 0.2) is 0 Å². The van der Waals surface area contributed by atoms with Gasteiger partial charge in [-0.25, -0.2) is 9.18 Å². The third-order valence-corrected chi connectivity index (χ3v) is 3.35. The molecule has 0 heterocycles. The van der Waals surface area contributed by atoms with Gasteiger partial charge in [-0.3, -0.25) is 0 Å². The summed E-state index contributed by atoms with van der Waals surface area (Å²) in [6, 6.07) is 11.3. The number of nitrogens with one attached hydrogen (secondary N) is 1. The Hall–Kier alpha value is -2.01. The molecule has 0 saturated heterocycles. The van der Waals surface area contributed by atoms with Gasteiger partial charge in [0.05, 0.1) is 11.3 Å². The Labute approximate surface area is 114 Å². The Bertz CT molecular complexity index is 599. The lowest BCUT2D eigenvalue weighted by atomic mass is 10.1. The zero-order chi connectivity index (χ0) is 13.8. The van der Waals surface area contributed by atoms with Crippen molar-refractivity contribution in [2.75, 3.05) is 11.6 Å². The third kappa shape index (κ3) is 3.06. The average Bonchev–Trinajstić information content (AvgIpc) is 2.41. The van der Waals surface area contributed by atoms with Crippen molar-refractivity contribution in [3.05, 3.63) is 53.8 Å². The average molecular weight is 277 g/mol. The van der Waals surface area contributed by atoms with Gasteiger partial charge in [-0.15, -0.1) is 11.8 Å². The smallest absolute Gasteiger partial charge is 0.337 e.